The van der Waals surface area contributed by atoms with Crippen LogP contribution in [-0.2, 0) is 14.4 Å². The van der Waals surface area contributed by atoms with Crippen LogP contribution in [0.2, 0.25) is 0 Å². The van der Waals surface area contributed by atoms with E-state index in [0.717, 1.165) is 38.9 Å². The van der Waals surface area contributed by atoms with Crippen LogP contribution in [0, 0.1) is 0 Å². The number of hydrogen-bond acceptors (Lipinski definition) is 6. The quantitative estimate of drug-likeness (QED) is 0.196. The molecule has 0 aliphatic carbocycles. The summed E-state index contributed by atoms with van der Waals surface area (Å²) in [5.41, 5.74) is 0. The van der Waals surface area contributed by atoms with Crippen molar-refractivity contribution in [1.29, 1.82) is 0 Å². The van der Waals surface area contributed by atoms with Gasteiger partial charge in [0.2, 0.25) is 17.7 Å². The van der Waals surface area contributed by atoms with Gasteiger partial charge in [-0.2, -0.15) is 0 Å². The molecule has 1 unspecified atom stereocenters. The summed E-state index contributed by atoms with van der Waals surface area (Å²) in [6, 6.07) is 0.552. The van der Waals surface area contributed by atoms with E-state index in [4.69, 9.17) is 0 Å². The summed E-state index contributed by atoms with van der Waals surface area (Å²) in [5.74, 6) is 0.199. The Morgan fingerprint density at radius 2 is 1.55 bits per heavy atom. The molecule has 0 aromatic heterocycles. The minimum absolute atomic E-state index is 0.0344. The summed E-state index contributed by atoms with van der Waals surface area (Å²) in [6.45, 7) is 17.1. The first-order chi connectivity index (χ1) is 15.8. The highest BCUT2D eigenvalue weighted by atomic mass is 32.2. The van der Waals surface area contributed by atoms with Gasteiger partial charge in [0.25, 0.3) is 0 Å². The Bertz CT molecular complexity index is 540. The normalized spacial score (nSPS) is 12.3. The maximum atomic E-state index is 12.8. The van der Waals surface area contributed by atoms with Gasteiger partial charge in [0.15, 0.2) is 0 Å². The third-order valence-electron chi connectivity index (χ3n) is 5.47. The molecule has 0 saturated carbocycles. The van der Waals surface area contributed by atoms with Gasteiger partial charge >= 0.3 is 0 Å². The Hall–Kier alpha value is -1.32. The third kappa shape index (κ3) is 16.9. The molecule has 1 atom stereocenters. The van der Waals surface area contributed by atoms with Gasteiger partial charge in [0.05, 0.1) is 5.25 Å². The van der Waals surface area contributed by atoms with Gasteiger partial charge in [0.1, 0.15) is 0 Å². The summed E-state index contributed by atoms with van der Waals surface area (Å²) in [4.78, 5) is 39.5. The molecule has 33 heavy (non-hydrogen) atoms. The smallest absolute Gasteiger partial charge is 0.233 e. The van der Waals surface area contributed by atoms with Gasteiger partial charge in [0, 0.05) is 50.3 Å². The van der Waals surface area contributed by atoms with Crippen LogP contribution in [0.15, 0.2) is 0 Å². The van der Waals surface area contributed by atoms with Crippen molar-refractivity contribution >= 4 is 29.5 Å². The van der Waals surface area contributed by atoms with Crippen LogP contribution < -0.4 is 21.3 Å². The van der Waals surface area contributed by atoms with Gasteiger partial charge < -0.3 is 26.2 Å². The van der Waals surface area contributed by atoms with Gasteiger partial charge in [-0.05, 0) is 52.7 Å². The van der Waals surface area contributed by atoms with Gasteiger partial charge in [-0.15, -0.1) is 11.8 Å². The van der Waals surface area contributed by atoms with Crippen LogP contribution in [0.25, 0.3) is 0 Å². The van der Waals surface area contributed by atoms with Crippen molar-refractivity contribution in [2.75, 3.05) is 45.0 Å². The standard InChI is InChI=1S/C24H49N5O3S/c1-7-20(8-2)25-14-15-26-23(31)18-21(33-17-12-22(30)28-19(5)6)24(32)27-13-11-16-29(9-3)10-4/h19-21,25H,7-18H2,1-6H3,(H,26,31)(H,27,32)(H,28,30). The number of thioether (sulfide) groups is 1. The number of amides is 3. The van der Waals surface area contributed by atoms with Gasteiger partial charge in [-0.1, -0.05) is 27.7 Å². The molecular formula is C24H49N5O3S. The maximum Gasteiger partial charge on any atom is 0.233 e. The van der Waals surface area contributed by atoms with Crippen molar-refractivity contribution in [3.05, 3.63) is 0 Å². The fraction of sp³-hybridized carbons (Fsp3) is 0.875. The summed E-state index contributed by atoms with van der Waals surface area (Å²) < 4.78 is 0. The van der Waals surface area contributed by atoms with Crippen molar-refractivity contribution in [2.24, 2.45) is 0 Å². The molecule has 8 nitrogen and oxygen atoms in total. The van der Waals surface area contributed by atoms with Crippen molar-refractivity contribution in [3.63, 3.8) is 0 Å². The Balaban J connectivity index is 4.60. The topological polar surface area (TPSA) is 103 Å². The van der Waals surface area contributed by atoms with Crippen LogP contribution in [0.1, 0.15) is 73.6 Å². The minimum atomic E-state index is -0.503. The summed E-state index contributed by atoms with van der Waals surface area (Å²) in [7, 11) is 0. The second-order valence-electron chi connectivity index (χ2n) is 8.52. The third-order valence-corrected chi connectivity index (χ3v) is 6.69. The predicted octanol–water partition coefficient (Wildman–Crippen LogP) is 2.14. The van der Waals surface area contributed by atoms with Gasteiger partial charge in [-0.25, -0.2) is 0 Å². The van der Waals surface area contributed by atoms with E-state index in [1.54, 1.807) is 0 Å². The first kappa shape index (κ1) is 31.7. The van der Waals surface area contributed by atoms with E-state index in [1.807, 2.05) is 13.8 Å². The molecule has 0 rings (SSSR count). The van der Waals surface area contributed by atoms with Crippen molar-refractivity contribution in [2.45, 2.75) is 91.0 Å². The molecule has 0 aromatic rings. The predicted molar refractivity (Wildman–Crippen MR) is 140 cm³/mol. The van der Waals surface area contributed by atoms with Crippen LogP contribution in [0.3, 0.4) is 0 Å². The Kier molecular flexibility index (Phi) is 19.3. The number of nitrogens with zero attached hydrogens (tertiary/aromatic N) is 1. The highest BCUT2D eigenvalue weighted by Gasteiger charge is 2.22. The van der Waals surface area contributed by atoms with Crippen LogP contribution in [-0.4, -0.2) is 85.0 Å². The molecule has 0 bridgehead atoms. The molecule has 0 aliphatic rings. The highest BCUT2D eigenvalue weighted by molar-refractivity contribution is 8.00. The lowest BCUT2D eigenvalue weighted by Gasteiger charge is -2.19. The number of hydrogen-bond donors (Lipinski definition) is 4. The van der Waals surface area contributed by atoms with E-state index in [-0.39, 0.29) is 30.2 Å². The van der Waals surface area contributed by atoms with E-state index in [0.29, 0.717) is 37.8 Å². The van der Waals surface area contributed by atoms with Crippen LogP contribution in [0.5, 0.6) is 0 Å². The molecule has 0 aliphatic heterocycles. The average molecular weight is 488 g/mol. The second kappa shape index (κ2) is 20.1. The fourth-order valence-corrected chi connectivity index (χ4v) is 4.47. The van der Waals surface area contributed by atoms with Crippen molar-refractivity contribution in [3.8, 4) is 0 Å². The molecule has 0 saturated heterocycles. The second-order valence-corrected chi connectivity index (χ2v) is 9.84. The van der Waals surface area contributed by atoms with Crippen molar-refractivity contribution < 1.29 is 14.4 Å². The van der Waals surface area contributed by atoms with Gasteiger partial charge in [-0.3, -0.25) is 14.4 Å². The Morgan fingerprint density at radius 3 is 2.12 bits per heavy atom. The van der Waals surface area contributed by atoms with E-state index >= 15 is 0 Å². The van der Waals surface area contributed by atoms with Crippen LogP contribution >= 0.6 is 11.8 Å². The lowest BCUT2D eigenvalue weighted by molar-refractivity contribution is -0.125. The Morgan fingerprint density at radius 1 is 0.879 bits per heavy atom. The molecule has 3 amide bonds. The van der Waals surface area contributed by atoms with E-state index in [1.165, 1.54) is 11.8 Å². The zero-order valence-electron chi connectivity index (χ0n) is 21.8. The molecular weight excluding hydrogens is 438 g/mol. The van der Waals surface area contributed by atoms with E-state index in [2.05, 4.69) is 53.9 Å². The maximum absolute atomic E-state index is 12.8. The first-order valence-corrected chi connectivity index (χ1v) is 13.7. The van der Waals surface area contributed by atoms with Crippen molar-refractivity contribution in [1.82, 2.24) is 26.2 Å². The lowest BCUT2D eigenvalue weighted by atomic mass is 10.2. The number of nitrogens with one attached hydrogen (secondary N) is 4. The fourth-order valence-electron chi connectivity index (χ4n) is 3.38. The number of rotatable bonds is 20. The molecule has 194 valence electrons. The average Bonchev–Trinajstić information content (AvgIpc) is 2.78. The van der Waals surface area contributed by atoms with E-state index in [9.17, 15) is 14.4 Å². The molecule has 0 aromatic carbocycles. The highest BCUT2D eigenvalue weighted by Crippen LogP contribution is 2.16. The molecule has 4 N–H and O–H groups in total. The zero-order chi connectivity index (χ0) is 25.1. The minimum Gasteiger partial charge on any atom is -0.355 e. The molecule has 0 fully saturated rings. The summed E-state index contributed by atoms with van der Waals surface area (Å²) in [5, 5.41) is 11.7. The molecule has 0 heterocycles. The number of carbonyl (C=O) groups is 3. The largest absolute Gasteiger partial charge is 0.355 e. The summed E-state index contributed by atoms with van der Waals surface area (Å²) in [6.07, 6.45) is 3.43. The Labute approximate surface area is 206 Å². The monoisotopic (exact) mass is 487 g/mol. The van der Waals surface area contributed by atoms with E-state index < -0.39 is 5.25 Å². The molecule has 0 radical (unpaired) electrons. The zero-order valence-corrected chi connectivity index (χ0v) is 22.6. The van der Waals surface area contributed by atoms with Crippen LogP contribution in [0.4, 0.5) is 0 Å². The lowest BCUT2D eigenvalue weighted by Crippen LogP contribution is -2.40. The SMILES string of the molecule is CCC(CC)NCCNC(=O)CC(SCCC(=O)NC(C)C)C(=O)NCCCN(CC)CC. The first-order valence-electron chi connectivity index (χ1n) is 12.7. The molecule has 0 spiro atoms. The molecule has 9 heteroatoms. The summed E-state index contributed by atoms with van der Waals surface area (Å²) >= 11 is 1.38. The number of carbonyl (C=O) groups excluding carboxylic acids is 3.